The van der Waals surface area contributed by atoms with Gasteiger partial charge in [0.1, 0.15) is 17.9 Å². The first kappa shape index (κ1) is 17.3. The molecular formula is C19H18ClNO4. The number of aromatic nitrogens is 1. The van der Waals surface area contributed by atoms with Gasteiger partial charge in [-0.3, -0.25) is 0 Å². The maximum Gasteiger partial charge on any atom is 0.355 e. The number of hydrogen-bond acceptors (Lipinski definition) is 4. The second-order valence-corrected chi connectivity index (χ2v) is 6.69. The van der Waals surface area contributed by atoms with Crippen LogP contribution in [0.4, 0.5) is 0 Å². The molecule has 2 aromatic heterocycles. The Kier molecular flexibility index (Phi) is 4.68. The van der Waals surface area contributed by atoms with Gasteiger partial charge in [0, 0.05) is 23.2 Å². The average Bonchev–Trinajstić information content (AvgIpc) is 2.97. The molecule has 0 aliphatic carbocycles. The highest BCUT2D eigenvalue weighted by atomic mass is 35.5. The van der Waals surface area contributed by atoms with Crippen LogP contribution in [0.15, 0.2) is 39.7 Å². The van der Waals surface area contributed by atoms with E-state index in [0.29, 0.717) is 22.1 Å². The van der Waals surface area contributed by atoms with E-state index in [9.17, 15) is 9.59 Å². The Labute approximate surface area is 149 Å². The normalized spacial score (nSPS) is 11.2. The minimum atomic E-state index is -0.538. The van der Waals surface area contributed by atoms with Gasteiger partial charge in [-0.05, 0) is 42.2 Å². The molecule has 6 heteroatoms. The van der Waals surface area contributed by atoms with Crippen LogP contribution in [0.2, 0.25) is 5.02 Å². The van der Waals surface area contributed by atoms with Crippen molar-refractivity contribution in [2.24, 2.45) is 0 Å². The Bertz CT molecular complexity index is 1000. The molecule has 0 aliphatic heterocycles. The van der Waals surface area contributed by atoms with E-state index in [2.05, 4.69) is 18.8 Å². The maximum absolute atomic E-state index is 12.1. The predicted octanol–water partition coefficient (Wildman–Crippen LogP) is 4.56. The van der Waals surface area contributed by atoms with Crippen molar-refractivity contribution < 1.29 is 13.9 Å². The Balaban J connectivity index is 1.96. The Hall–Kier alpha value is -2.53. The summed E-state index contributed by atoms with van der Waals surface area (Å²) in [4.78, 5) is 26.6. The first-order valence-electron chi connectivity index (χ1n) is 7.93. The summed E-state index contributed by atoms with van der Waals surface area (Å²) in [5.41, 5.74) is 3.10. The van der Waals surface area contributed by atoms with Gasteiger partial charge in [0.25, 0.3) is 0 Å². The number of hydrogen-bond donors (Lipinski definition) is 1. The van der Waals surface area contributed by atoms with E-state index in [0.717, 1.165) is 16.5 Å². The number of carbonyl (C=O) groups is 1. The molecule has 2 heterocycles. The summed E-state index contributed by atoms with van der Waals surface area (Å²) >= 11 is 5.79. The monoisotopic (exact) mass is 359 g/mol. The van der Waals surface area contributed by atoms with Gasteiger partial charge in [0.2, 0.25) is 0 Å². The van der Waals surface area contributed by atoms with Crippen LogP contribution >= 0.6 is 11.6 Å². The van der Waals surface area contributed by atoms with Crippen molar-refractivity contribution in [3.8, 4) is 0 Å². The predicted molar refractivity (Wildman–Crippen MR) is 96.2 cm³/mol. The van der Waals surface area contributed by atoms with Crippen molar-refractivity contribution in [3.63, 3.8) is 0 Å². The number of benzene rings is 1. The maximum atomic E-state index is 12.1. The first-order valence-corrected chi connectivity index (χ1v) is 8.31. The molecule has 1 N–H and O–H groups in total. The van der Waals surface area contributed by atoms with E-state index in [1.807, 2.05) is 19.1 Å². The zero-order chi connectivity index (χ0) is 18.1. The molecule has 3 aromatic rings. The van der Waals surface area contributed by atoms with Crippen LogP contribution in [0.3, 0.4) is 0 Å². The van der Waals surface area contributed by atoms with Crippen molar-refractivity contribution >= 4 is 28.5 Å². The number of ether oxygens (including phenoxy) is 1. The minimum Gasteiger partial charge on any atom is -0.456 e. The van der Waals surface area contributed by atoms with Crippen molar-refractivity contribution in [2.45, 2.75) is 33.3 Å². The van der Waals surface area contributed by atoms with Crippen molar-refractivity contribution in [1.29, 1.82) is 0 Å². The third-order valence-corrected chi connectivity index (χ3v) is 4.28. The molecular weight excluding hydrogens is 342 g/mol. The molecule has 0 saturated carbocycles. The summed E-state index contributed by atoms with van der Waals surface area (Å²) in [7, 11) is 0. The third kappa shape index (κ3) is 3.61. The highest BCUT2D eigenvalue weighted by Gasteiger charge is 2.14. The zero-order valence-electron chi connectivity index (χ0n) is 14.2. The zero-order valence-corrected chi connectivity index (χ0v) is 14.9. The number of fused-ring (bicyclic) bond motifs is 1. The van der Waals surface area contributed by atoms with Gasteiger partial charge in [-0.2, -0.15) is 0 Å². The fraction of sp³-hybridized carbons (Fsp3) is 0.263. The lowest BCUT2D eigenvalue weighted by Crippen LogP contribution is -2.08. The molecule has 25 heavy (non-hydrogen) atoms. The van der Waals surface area contributed by atoms with E-state index in [1.54, 1.807) is 0 Å². The van der Waals surface area contributed by atoms with Gasteiger partial charge in [-0.1, -0.05) is 25.4 Å². The second kappa shape index (κ2) is 6.76. The summed E-state index contributed by atoms with van der Waals surface area (Å²) in [6.45, 7) is 6.15. The van der Waals surface area contributed by atoms with Gasteiger partial charge in [-0.15, -0.1) is 0 Å². The number of H-pyrrole nitrogens is 1. The van der Waals surface area contributed by atoms with Crippen LogP contribution in [0.25, 0.3) is 11.0 Å². The molecule has 130 valence electrons. The molecule has 0 fully saturated rings. The minimum absolute atomic E-state index is 0.0296. The number of rotatable bonds is 4. The largest absolute Gasteiger partial charge is 0.456 e. The number of halogens is 1. The van der Waals surface area contributed by atoms with Crippen LogP contribution in [-0.4, -0.2) is 11.0 Å². The summed E-state index contributed by atoms with van der Waals surface area (Å²) in [5.74, 6) is -0.211. The fourth-order valence-corrected chi connectivity index (χ4v) is 3.00. The SMILES string of the molecule is Cc1cc2oc(=O)cc(COC(=O)c3cc(Cl)c[nH]3)c2cc1C(C)C. The molecule has 1 aromatic carbocycles. The van der Waals surface area contributed by atoms with Crippen LogP contribution in [-0.2, 0) is 11.3 Å². The molecule has 0 bridgehead atoms. The highest BCUT2D eigenvalue weighted by Crippen LogP contribution is 2.27. The number of carbonyl (C=O) groups excluding carboxylic acids is 1. The molecule has 5 nitrogen and oxygen atoms in total. The van der Waals surface area contributed by atoms with Gasteiger partial charge in [-0.25, -0.2) is 9.59 Å². The van der Waals surface area contributed by atoms with E-state index in [1.165, 1.54) is 18.3 Å². The van der Waals surface area contributed by atoms with Crippen LogP contribution in [0.5, 0.6) is 0 Å². The van der Waals surface area contributed by atoms with Crippen molar-refractivity contribution in [3.05, 3.63) is 68.3 Å². The molecule has 3 rings (SSSR count). The fourth-order valence-electron chi connectivity index (χ4n) is 2.84. The van der Waals surface area contributed by atoms with Crippen LogP contribution in [0.1, 0.15) is 46.9 Å². The van der Waals surface area contributed by atoms with Crippen molar-refractivity contribution in [2.75, 3.05) is 0 Å². The Morgan fingerprint density at radius 3 is 2.68 bits per heavy atom. The lowest BCUT2D eigenvalue weighted by atomic mass is 9.95. The van der Waals surface area contributed by atoms with E-state index >= 15 is 0 Å². The van der Waals surface area contributed by atoms with Gasteiger partial charge in [0.05, 0.1) is 5.02 Å². The van der Waals surface area contributed by atoms with Gasteiger partial charge in [0.15, 0.2) is 0 Å². The van der Waals surface area contributed by atoms with Crippen LogP contribution < -0.4 is 5.63 Å². The summed E-state index contributed by atoms with van der Waals surface area (Å²) < 4.78 is 10.6. The highest BCUT2D eigenvalue weighted by molar-refractivity contribution is 6.30. The first-order chi connectivity index (χ1) is 11.8. The molecule has 0 radical (unpaired) electrons. The number of aromatic amines is 1. The van der Waals surface area contributed by atoms with Crippen molar-refractivity contribution in [1.82, 2.24) is 4.98 Å². The molecule has 0 aliphatic rings. The number of aryl methyl sites for hydroxylation is 1. The third-order valence-electron chi connectivity index (χ3n) is 4.07. The molecule has 0 saturated heterocycles. The lowest BCUT2D eigenvalue weighted by molar-refractivity contribution is 0.0467. The molecule has 0 amide bonds. The topological polar surface area (TPSA) is 72.3 Å². The summed E-state index contributed by atoms with van der Waals surface area (Å²) in [6, 6.07) is 6.69. The van der Waals surface area contributed by atoms with E-state index in [-0.39, 0.29) is 12.3 Å². The van der Waals surface area contributed by atoms with Crippen LogP contribution in [0, 0.1) is 6.92 Å². The van der Waals surface area contributed by atoms with E-state index in [4.69, 9.17) is 20.8 Å². The molecule has 0 spiro atoms. The Morgan fingerprint density at radius 1 is 1.28 bits per heavy atom. The number of esters is 1. The van der Waals surface area contributed by atoms with Gasteiger partial charge >= 0.3 is 11.6 Å². The standard InChI is InChI=1S/C19H18ClNO4/c1-10(2)14-7-15-12(5-18(22)25-17(15)4-11(14)3)9-24-19(23)16-6-13(20)8-21-16/h4-8,10,21H,9H2,1-3H3. The quantitative estimate of drug-likeness (QED) is 0.547. The number of nitrogens with one attached hydrogen (secondary N) is 1. The summed E-state index contributed by atoms with van der Waals surface area (Å²) in [6.07, 6.45) is 1.50. The smallest absolute Gasteiger partial charge is 0.355 e. The molecule has 0 unspecified atom stereocenters. The second-order valence-electron chi connectivity index (χ2n) is 6.26. The average molecular weight is 360 g/mol. The summed E-state index contributed by atoms with van der Waals surface area (Å²) in [5, 5.41) is 1.20. The van der Waals surface area contributed by atoms with Gasteiger partial charge < -0.3 is 14.1 Å². The Morgan fingerprint density at radius 2 is 2.04 bits per heavy atom. The van der Waals surface area contributed by atoms with E-state index < -0.39 is 11.6 Å². The molecule has 0 atom stereocenters. The lowest BCUT2D eigenvalue weighted by Gasteiger charge is -2.13.